The Balaban J connectivity index is 2.12. The number of aromatic carboxylic acids is 1. The molecule has 1 heterocycles. The number of hydrogen-bond acceptors (Lipinski definition) is 4. The molecule has 1 aliphatic rings. The third-order valence-electron chi connectivity index (χ3n) is 3.35. The van der Waals surface area contributed by atoms with E-state index in [1.54, 1.807) is 18.2 Å². The summed E-state index contributed by atoms with van der Waals surface area (Å²) in [6.45, 7) is 2.06. The lowest BCUT2D eigenvalue weighted by molar-refractivity contribution is 0.0698. The van der Waals surface area contributed by atoms with Gasteiger partial charge in [-0.15, -0.1) is 0 Å². The quantitative estimate of drug-likeness (QED) is 0.707. The minimum atomic E-state index is -0.926. The van der Waals surface area contributed by atoms with Gasteiger partial charge in [-0.3, -0.25) is 0 Å². The lowest BCUT2D eigenvalue weighted by Crippen LogP contribution is -2.37. The average Bonchev–Trinajstić information content (AvgIpc) is 2.32. The number of nitrogens with one attached hydrogen (secondary N) is 1. The van der Waals surface area contributed by atoms with Gasteiger partial charge in [-0.25, -0.2) is 4.79 Å². The Morgan fingerprint density at radius 3 is 2.72 bits per heavy atom. The van der Waals surface area contributed by atoms with E-state index in [2.05, 4.69) is 17.3 Å². The van der Waals surface area contributed by atoms with Gasteiger partial charge >= 0.3 is 5.97 Å². The van der Waals surface area contributed by atoms with Crippen LogP contribution in [0.4, 0.5) is 11.4 Å². The van der Waals surface area contributed by atoms with E-state index in [-0.39, 0.29) is 5.56 Å². The lowest BCUT2D eigenvalue weighted by atomic mass is 10.0. The summed E-state index contributed by atoms with van der Waals surface area (Å²) in [5.41, 5.74) is 7.20. The van der Waals surface area contributed by atoms with Gasteiger partial charge in [-0.05, 0) is 51.2 Å². The zero-order valence-corrected chi connectivity index (χ0v) is 10.5. The molecular formula is C13H19N3O2. The van der Waals surface area contributed by atoms with Crippen molar-refractivity contribution in [2.24, 2.45) is 0 Å². The molecule has 0 spiro atoms. The summed E-state index contributed by atoms with van der Waals surface area (Å²) in [6, 6.07) is 5.18. The summed E-state index contributed by atoms with van der Waals surface area (Å²) in [6.07, 6.45) is 2.04. The average molecular weight is 249 g/mol. The number of rotatable bonds is 3. The van der Waals surface area contributed by atoms with Crippen LogP contribution in [0.25, 0.3) is 0 Å². The number of benzene rings is 1. The summed E-state index contributed by atoms with van der Waals surface area (Å²) in [4.78, 5) is 13.4. The smallest absolute Gasteiger partial charge is 0.337 e. The van der Waals surface area contributed by atoms with Crippen molar-refractivity contribution in [3.05, 3.63) is 23.8 Å². The van der Waals surface area contributed by atoms with Crippen LogP contribution in [0.1, 0.15) is 23.2 Å². The number of carbonyl (C=O) groups is 1. The first kappa shape index (κ1) is 12.7. The van der Waals surface area contributed by atoms with Gasteiger partial charge in [-0.2, -0.15) is 0 Å². The van der Waals surface area contributed by atoms with E-state index in [1.165, 1.54) is 0 Å². The lowest BCUT2D eigenvalue weighted by Gasteiger charge is -2.30. The van der Waals surface area contributed by atoms with Crippen molar-refractivity contribution in [2.45, 2.75) is 18.9 Å². The minimum absolute atomic E-state index is 0.281. The SMILES string of the molecule is CN1CCC(Nc2cc(N)ccc2C(=O)O)CC1. The van der Waals surface area contributed by atoms with E-state index in [9.17, 15) is 4.79 Å². The minimum Gasteiger partial charge on any atom is -0.478 e. The third kappa shape index (κ3) is 2.92. The molecule has 0 saturated carbocycles. The Hall–Kier alpha value is -1.75. The van der Waals surface area contributed by atoms with Crippen LogP contribution in [0, 0.1) is 0 Å². The van der Waals surface area contributed by atoms with Crippen LogP contribution in [0.15, 0.2) is 18.2 Å². The van der Waals surface area contributed by atoms with Crippen molar-refractivity contribution in [3.63, 3.8) is 0 Å². The molecule has 1 aromatic rings. The maximum atomic E-state index is 11.1. The van der Waals surface area contributed by atoms with Crippen LogP contribution >= 0.6 is 0 Å². The van der Waals surface area contributed by atoms with Gasteiger partial charge in [0.05, 0.1) is 11.3 Å². The molecule has 0 aliphatic carbocycles. The number of nitrogens with two attached hydrogens (primary N) is 1. The van der Waals surface area contributed by atoms with Gasteiger partial charge in [0.1, 0.15) is 0 Å². The number of carboxylic acid groups (broad SMARTS) is 1. The van der Waals surface area contributed by atoms with E-state index in [0.29, 0.717) is 17.4 Å². The van der Waals surface area contributed by atoms with Gasteiger partial charge in [0, 0.05) is 11.7 Å². The van der Waals surface area contributed by atoms with Crippen LogP contribution in [-0.4, -0.2) is 42.2 Å². The molecule has 18 heavy (non-hydrogen) atoms. The van der Waals surface area contributed by atoms with Crippen LogP contribution in [0.5, 0.6) is 0 Å². The zero-order valence-electron chi connectivity index (χ0n) is 10.5. The predicted molar refractivity (Wildman–Crippen MR) is 72.0 cm³/mol. The highest BCUT2D eigenvalue weighted by Crippen LogP contribution is 2.22. The number of carboxylic acids is 1. The van der Waals surface area contributed by atoms with Gasteiger partial charge in [-0.1, -0.05) is 0 Å². The second-order valence-corrected chi connectivity index (χ2v) is 4.83. The number of hydrogen-bond donors (Lipinski definition) is 3. The van der Waals surface area contributed by atoms with Crippen molar-refractivity contribution in [1.82, 2.24) is 4.90 Å². The van der Waals surface area contributed by atoms with Crippen molar-refractivity contribution in [2.75, 3.05) is 31.2 Å². The van der Waals surface area contributed by atoms with Crippen LogP contribution < -0.4 is 11.1 Å². The predicted octanol–water partition coefficient (Wildman–Crippen LogP) is 1.47. The molecule has 0 aromatic heterocycles. The third-order valence-corrected chi connectivity index (χ3v) is 3.35. The summed E-state index contributed by atoms with van der Waals surface area (Å²) in [7, 11) is 2.10. The molecule has 0 amide bonds. The fourth-order valence-electron chi connectivity index (χ4n) is 2.24. The molecule has 1 aliphatic heterocycles. The number of piperidine rings is 1. The summed E-state index contributed by atoms with van der Waals surface area (Å²) < 4.78 is 0. The van der Waals surface area contributed by atoms with Crippen LogP contribution in [0.2, 0.25) is 0 Å². The maximum absolute atomic E-state index is 11.1. The first-order valence-electron chi connectivity index (χ1n) is 6.14. The Kier molecular flexibility index (Phi) is 3.72. The largest absolute Gasteiger partial charge is 0.478 e. The molecule has 4 N–H and O–H groups in total. The summed E-state index contributed by atoms with van der Waals surface area (Å²) in [5, 5.41) is 12.4. The second-order valence-electron chi connectivity index (χ2n) is 4.83. The Labute approximate surface area is 107 Å². The molecular weight excluding hydrogens is 230 g/mol. The molecule has 98 valence electrons. The summed E-state index contributed by atoms with van der Waals surface area (Å²) >= 11 is 0. The molecule has 2 rings (SSSR count). The maximum Gasteiger partial charge on any atom is 0.337 e. The topological polar surface area (TPSA) is 78.6 Å². The Morgan fingerprint density at radius 1 is 1.44 bits per heavy atom. The number of nitrogens with zero attached hydrogens (tertiary/aromatic N) is 1. The molecule has 0 atom stereocenters. The Bertz CT molecular complexity index is 440. The molecule has 0 radical (unpaired) electrons. The molecule has 1 aromatic carbocycles. The van der Waals surface area contributed by atoms with Crippen molar-refractivity contribution < 1.29 is 9.90 Å². The molecule has 5 nitrogen and oxygen atoms in total. The standard InChI is InChI=1S/C13H19N3O2/c1-16-6-4-10(5-7-16)15-12-8-9(14)2-3-11(12)13(17)18/h2-3,8,10,15H,4-7,14H2,1H3,(H,17,18). The number of nitrogen functional groups attached to an aromatic ring is 1. The second kappa shape index (κ2) is 5.27. The van der Waals surface area contributed by atoms with E-state index in [1.807, 2.05) is 0 Å². The van der Waals surface area contributed by atoms with E-state index in [4.69, 9.17) is 10.8 Å². The van der Waals surface area contributed by atoms with Gasteiger partial charge < -0.3 is 21.1 Å². The molecule has 1 fully saturated rings. The monoisotopic (exact) mass is 249 g/mol. The zero-order chi connectivity index (χ0) is 13.1. The number of anilines is 2. The first-order valence-corrected chi connectivity index (χ1v) is 6.14. The van der Waals surface area contributed by atoms with Crippen LogP contribution in [0.3, 0.4) is 0 Å². The Morgan fingerprint density at radius 2 is 2.11 bits per heavy atom. The van der Waals surface area contributed by atoms with Crippen LogP contribution in [-0.2, 0) is 0 Å². The van der Waals surface area contributed by atoms with Gasteiger partial charge in [0.2, 0.25) is 0 Å². The molecule has 5 heteroatoms. The normalized spacial score (nSPS) is 17.6. The first-order chi connectivity index (χ1) is 8.56. The van der Waals surface area contributed by atoms with E-state index in [0.717, 1.165) is 25.9 Å². The fourth-order valence-corrected chi connectivity index (χ4v) is 2.24. The van der Waals surface area contributed by atoms with E-state index < -0.39 is 5.97 Å². The summed E-state index contributed by atoms with van der Waals surface area (Å²) in [5.74, 6) is -0.926. The van der Waals surface area contributed by atoms with Crippen molar-refractivity contribution in [3.8, 4) is 0 Å². The highest BCUT2D eigenvalue weighted by atomic mass is 16.4. The van der Waals surface area contributed by atoms with Crippen molar-refractivity contribution in [1.29, 1.82) is 0 Å². The van der Waals surface area contributed by atoms with E-state index >= 15 is 0 Å². The highest BCUT2D eigenvalue weighted by molar-refractivity contribution is 5.95. The highest BCUT2D eigenvalue weighted by Gasteiger charge is 2.18. The fraction of sp³-hybridized carbons (Fsp3) is 0.462. The van der Waals surface area contributed by atoms with Gasteiger partial charge in [0.15, 0.2) is 0 Å². The molecule has 1 saturated heterocycles. The molecule has 0 unspecified atom stereocenters. The number of likely N-dealkylation sites (tertiary alicyclic amines) is 1. The van der Waals surface area contributed by atoms with Crippen molar-refractivity contribution >= 4 is 17.3 Å². The molecule has 0 bridgehead atoms. The van der Waals surface area contributed by atoms with Gasteiger partial charge in [0.25, 0.3) is 0 Å².